The molecule has 152 valence electrons. The molecule has 0 radical (unpaired) electrons. The maximum Gasteiger partial charge on any atom is 0.343 e. The van der Waals surface area contributed by atoms with Crippen LogP contribution in [0.1, 0.15) is 13.8 Å². The summed E-state index contributed by atoms with van der Waals surface area (Å²) in [4.78, 5) is 20.3. The molecule has 0 aliphatic heterocycles. The molecule has 1 aromatic heterocycles. The fourth-order valence-electron chi connectivity index (χ4n) is 2.66. The number of nitrogens with zero attached hydrogens (tertiary/aromatic N) is 2. The minimum Gasteiger partial charge on any atom is -0.457 e. The summed E-state index contributed by atoms with van der Waals surface area (Å²) in [5, 5.41) is 0. The van der Waals surface area contributed by atoms with Gasteiger partial charge in [-0.1, -0.05) is 13.8 Å². The second-order valence-electron chi connectivity index (χ2n) is 6.22. The predicted molar refractivity (Wildman–Crippen MR) is 107 cm³/mol. The molecule has 1 atom stereocenters. The quantitative estimate of drug-likeness (QED) is 0.468. The second kappa shape index (κ2) is 9.87. The molecule has 0 saturated carbocycles. The highest BCUT2D eigenvalue weighted by Gasteiger charge is 2.38. The van der Waals surface area contributed by atoms with E-state index >= 15 is 0 Å². The smallest absolute Gasteiger partial charge is 0.343 e. The first-order valence-corrected chi connectivity index (χ1v) is 10.6. The zero-order chi connectivity index (χ0) is 20.7. The van der Waals surface area contributed by atoms with E-state index < -0.39 is 22.0 Å². The molecule has 1 aromatic carbocycles. The summed E-state index contributed by atoms with van der Waals surface area (Å²) in [6.07, 6.45) is 3.18. The number of benzene rings is 1. The van der Waals surface area contributed by atoms with Crippen molar-refractivity contribution >= 4 is 28.6 Å². The highest BCUT2D eigenvalue weighted by molar-refractivity contribution is 7.89. The van der Waals surface area contributed by atoms with Gasteiger partial charge >= 0.3 is 5.97 Å². The van der Waals surface area contributed by atoms with Crippen LogP contribution in [0.5, 0.6) is 11.5 Å². The van der Waals surface area contributed by atoms with Gasteiger partial charge in [0.2, 0.25) is 10.0 Å². The van der Waals surface area contributed by atoms with E-state index in [-0.39, 0.29) is 23.1 Å². The summed E-state index contributed by atoms with van der Waals surface area (Å²) in [6, 6.07) is 8.23. The van der Waals surface area contributed by atoms with E-state index in [9.17, 15) is 13.2 Å². The van der Waals surface area contributed by atoms with Crippen LogP contribution in [-0.4, -0.2) is 42.0 Å². The topological polar surface area (TPSA) is 112 Å². The van der Waals surface area contributed by atoms with Crippen molar-refractivity contribution in [1.82, 2.24) is 9.29 Å². The monoisotopic (exact) mass is 425 g/mol. The Hall–Kier alpha value is -2.14. The van der Waals surface area contributed by atoms with Crippen LogP contribution in [0.3, 0.4) is 0 Å². The van der Waals surface area contributed by atoms with Crippen molar-refractivity contribution in [2.45, 2.75) is 24.8 Å². The molecule has 8 nitrogen and oxygen atoms in total. The van der Waals surface area contributed by atoms with Crippen LogP contribution >= 0.6 is 12.6 Å². The second-order valence-corrected chi connectivity index (χ2v) is 8.56. The third-order valence-corrected chi connectivity index (χ3v) is 6.03. The maximum atomic E-state index is 13.2. The van der Waals surface area contributed by atoms with E-state index in [0.717, 1.165) is 4.31 Å². The number of carbonyl (C=O) groups is 1. The van der Waals surface area contributed by atoms with E-state index in [0.29, 0.717) is 11.5 Å². The van der Waals surface area contributed by atoms with Gasteiger partial charge in [0.15, 0.2) is 0 Å². The lowest BCUT2D eigenvalue weighted by Crippen LogP contribution is -2.50. The Morgan fingerprint density at radius 3 is 2.21 bits per heavy atom. The van der Waals surface area contributed by atoms with Crippen LogP contribution in [0.15, 0.2) is 53.7 Å². The van der Waals surface area contributed by atoms with Crippen molar-refractivity contribution in [3.8, 4) is 11.5 Å². The molecule has 0 amide bonds. The number of pyridine rings is 1. The predicted octanol–water partition coefficient (Wildman–Crippen LogP) is 2.24. The summed E-state index contributed by atoms with van der Waals surface area (Å²) in [7, 11) is -3.99. The average molecular weight is 426 g/mol. The average Bonchev–Trinajstić information content (AvgIpc) is 2.68. The van der Waals surface area contributed by atoms with Gasteiger partial charge in [0.05, 0.1) is 4.90 Å². The van der Waals surface area contributed by atoms with Crippen molar-refractivity contribution in [3.05, 3.63) is 48.8 Å². The van der Waals surface area contributed by atoms with Gasteiger partial charge in [0, 0.05) is 24.7 Å². The Morgan fingerprint density at radius 1 is 1.14 bits per heavy atom. The molecule has 0 aliphatic rings. The minimum atomic E-state index is -3.99. The van der Waals surface area contributed by atoms with Crippen LogP contribution in [0.25, 0.3) is 0 Å². The molecule has 0 unspecified atom stereocenters. The van der Waals surface area contributed by atoms with E-state index in [1.165, 1.54) is 24.3 Å². The lowest BCUT2D eigenvalue weighted by molar-refractivity contribution is -0.150. The molecule has 0 fully saturated rings. The van der Waals surface area contributed by atoms with Crippen LogP contribution in [0.2, 0.25) is 0 Å². The van der Waals surface area contributed by atoms with Crippen molar-refractivity contribution in [2.24, 2.45) is 11.8 Å². The van der Waals surface area contributed by atoms with Crippen molar-refractivity contribution in [1.29, 1.82) is 0 Å². The molecule has 0 spiro atoms. The third-order valence-electron chi connectivity index (χ3n) is 3.94. The van der Waals surface area contributed by atoms with Gasteiger partial charge in [-0.15, -0.1) is 0 Å². The number of carbonyl (C=O) groups excluding carboxylic acids is 1. The zero-order valence-corrected chi connectivity index (χ0v) is 17.3. The molecule has 2 rings (SSSR count). The largest absolute Gasteiger partial charge is 0.457 e. The normalized spacial score (nSPS) is 12.8. The number of hydrogen-bond donors (Lipinski definition) is 2. The maximum absolute atomic E-state index is 13.2. The molecule has 2 N–H and O–H groups in total. The third kappa shape index (κ3) is 5.22. The number of nitrogens with two attached hydrogens (primary N) is 1. The van der Waals surface area contributed by atoms with Crippen LogP contribution < -0.4 is 10.6 Å². The van der Waals surface area contributed by atoms with Crippen LogP contribution in [0.4, 0.5) is 0 Å². The molecule has 0 saturated heterocycles. The minimum absolute atomic E-state index is 0.0202. The Balaban J connectivity index is 2.32. The molecule has 0 aliphatic carbocycles. The van der Waals surface area contributed by atoms with E-state index in [4.69, 9.17) is 10.6 Å². The Morgan fingerprint density at radius 2 is 1.71 bits per heavy atom. The summed E-state index contributed by atoms with van der Waals surface area (Å²) >= 11 is 4.12. The SMILES string of the molecule is CC(C)[C@H](C(=O)ON)N(CCS)S(=O)(=O)c1ccc(Oc2ccncc2)cc1. The highest BCUT2D eigenvalue weighted by atomic mass is 32.2. The van der Waals surface area contributed by atoms with Gasteiger partial charge in [0.25, 0.3) is 0 Å². The van der Waals surface area contributed by atoms with Crippen molar-refractivity contribution in [2.75, 3.05) is 12.3 Å². The van der Waals surface area contributed by atoms with Crippen LogP contribution in [0, 0.1) is 5.92 Å². The van der Waals surface area contributed by atoms with Crippen LogP contribution in [-0.2, 0) is 19.7 Å². The van der Waals surface area contributed by atoms with Crippen molar-refractivity contribution in [3.63, 3.8) is 0 Å². The summed E-state index contributed by atoms with van der Waals surface area (Å²) in [5.74, 6) is 5.11. The van der Waals surface area contributed by atoms with Gasteiger partial charge in [-0.05, 0) is 42.3 Å². The van der Waals surface area contributed by atoms with E-state index in [2.05, 4.69) is 22.5 Å². The standard InChI is InChI=1S/C18H23N3O5S2/c1-13(2)17(18(22)26-19)21(11-12-27)28(23,24)16-5-3-14(4-6-16)25-15-7-9-20-10-8-15/h3-10,13,17,27H,11-12,19H2,1-2H3/t17-/m1/s1. The molecule has 0 bridgehead atoms. The molecule has 1 heterocycles. The van der Waals surface area contributed by atoms with Gasteiger partial charge < -0.3 is 9.57 Å². The number of rotatable bonds is 9. The van der Waals surface area contributed by atoms with E-state index in [1.54, 1.807) is 38.4 Å². The Labute approximate surface area is 170 Å². The first-order chi connectivity index (χ1) is 13.3. The molecule has 10 heteroatoms. The molecule has 2 aromatic rings. The summed E-state index contributed by atoms with van der Waals surface area (Å²) < 4.78 is 33.0. The fourth-order valence-corrected chi connectivity index (χ4v) is 4.72. The van der Waals surface area contributed by atoms with Gasteiger partial charge in [-0.2, -0.15) is 22.8 Å². The molecular weight excluding hydrogens is 402 g/mol. The molecular formula is C18H23N3O5S2. The lowest BCUT2D eigenvalue weighted by Gasteiger charge is -2.30. The lowest BCUT2D eigenvalue weighted by atomic mass is 10.1. The Bertz CT molecular complexity index is 874. The summed E-state index contributed by atoms with van der Waals surface area (Å²) in [6.45, 7) is 3.46. The van der Waals surface area contributed by atoms with Gasteiger partial charge in [0.1, 0.15) is 17.5 Å². The first kappa shape index (κ1) is 22.2. The van der Waals surface area contributed by atoms with Gasteiger partial charge in [-0.25, -0.2) is 13.2 Å². The highest BCUT2D eigenvalue weighted by Crippen LogP contribution is 2.26. The number of hydrogen-bond acceptors (Lipinski definition) is 8. The zero-order valence-electron chi connectivity index (χ0n) is 15.6. The molecule has 28 heavy (non-hydrogen) atoms. The summed E-state index contributed by atoms with van der Waals surface area (Å²) in [5.41, 5.74) is 0. The van der Waals surface area contributed by atoms with E-state index in [1.807, 2.05) is 0 Å². The van der Waals surface area contributed by atoms with Gasteiger partial charge in [-0.3, -0.25) is 4.98 Å². The Kier molecular flexibility index (Phi) is 7.81. The first-order valence-electron chi connectivity index (χ1n) is 8.52. The number of ether oxygens (including phenoxy) is 1. The van der Waals surface area contributed by atoms with Crippen molar-refractivity contribution < 1.29 is 22.8 Å². The number of sulfonamides is 1. The number of aromatic nitrogens is 1. The number of thiol groups is 1. The fraction of sp³-hybridized carbons (Fsp3) is 0.333.